The topological polar surface area (TPSA) is 81.7 Å². The van der Waals surface area contributed by atoms with Crippen molar-refractivity contribution in [3.63, 3.8) is 0 Å². The number of carbonyl (C=O) groups is 2. The molecule has 2 amide bonds. The van der Waals surface area contributed by atoms with Crippen LogP contribution in [-0.4, -0.2) is 84.4 Å². The monoisotopic (exact) mass is 616 g/mol. The first-order valence-corrected chi connectivity index (χ1v) is 14.6. The molecule has 0 bridgehead atoms. The van der Waals surface area contributed by atoms with E-state index < -0.39 is 23.2 Å². The Morgan fingerprint density at radius 2 is 1.88 bits per heavy atom. The van der Waals surface area contributed by atoms with E-state index in [1.54, 1.807) is 6.20 Å². The van der Waals surface area contributed by atoms with E-state index in [1.165, 1.54) is 11.0 Å². The molecule has 4 rings (SSSR count). The lowest BCUT2D eigenvalue weighted by atomic mass is 10.0. The van der Waals surface area contributed by atoms with Gasteiger partial charge in [0.2, 0.25) is 0 Å². The van der Waals surface area contributed by atoms with Crippen molar-refractivity contribution in [3.8, 4) is 11.3 Å². The smallest absolute Gasteiger partial charge is 0.363 e. The van der Waals surface area contributed by atoms with Gasteiger partial charge >= 0.3 is 6.18 Å². The quantitative estimate of drug-likeness (QED) is 0.346. The van der Waals surface area contributed by atoms with Crippen molar-refractivity contribution in [1.29, 1.82) is 0 Å². The van der Waals surface area contributed by atoms with Crippen molar-refractivity contribution in [2.24, 2.45) is 0 Å². The van der Waals surface area contributed by atoms with Gasteiger partial charge < -0.3 is 20.0 Å². The second-order valence-corrected chi connectivity index (χ2v) is 11.1. The van der Waals surface area contributed by atoms with Crippen LogP contribution in [0.3, 0.4) is 0 Å². The average molecular weight is 617 g/mol. The molecule has 8 nitrogen and oxygen atoms in total. The highest BCUT2D eigenvalue weighted by Crippen LogP contribution is 2.35. The Morgan fingerprint density at radius 1 is 1.12 bits per heavy atom. The fourth-order valence-corrected chi connectivity index (χ4v) is 5.42. The number of anilines is 1. The summed E-state index contributed by atoms with van der Waals surface area (Å²) in [4.78, 5) is 41.6. The highest BCUT2D eigenvalue weighted by molar-refractivity contribution is 6.30. The molecule has 12 heteroatoms. The maximum atomic E-state index is 13.7. The molecule has 0 spiro atoms. The summed E-state index contributed by atoms with van der Waals surface area (Å²) in [5.41, 5.74) is 1.68. The Labute approximate surface area is 254 Å². The number of hydrogen-bond acceptors (Lipinski definition) is 6. The Morgan fingerprint density at radius 3 is 2.56 bits per heavy atom. The van der Waals surface area contributed by atoms with Gasteiger partial charge in [-0.05, 0) is 69.4 Å². The molecule has 0 saturated carbocycles. The largest absolute Gasteiger partial charge is 0.417 e. The number of likely N-dealkylation sites (N-methyl/N-ethyl adjacent to an activating group) is 1. The van der Waals surface area contributed by atoms with Gasteiger partial charge in [-0.2, -0.15) is 13.2 Å². The van der Waals surface area contributed by atoms with Crippen LogP contribution in [0.4, 0.5) is 18.9 Å². The van der Waals surface area contributed by atoms with Crippen LogP contribution >= 0.6 is 11.6 Å². The van der Waals surface area contributed by atoms with E-state index in [2.05, 4.69) is 10.3 Å². The molecule has 1 fully saturated rings. The fraction of sp³-hybridized carbons (Fsp3) is 0.419. The molecule has 0 radical (unpaired) electrons. The van der Waals surface area contributed by atoms with Crippen LogP contribution in [-0.2, 0) is 12.6 Å². The van der Waals surface area contributed by atoms with E-state index in [9.17, 15) is 22.8 Å². The van der Waals surface area contributed by atoms with Crippen molar-refractivity contribution in [3.05, 3.63) is 76.2 Å². The fourth-order valence-electron chi connectivity index (χ4n) is 5.24. The molecule has 3 heterocycles. The van der Waals surface area contributed by atoms with Gasteiger partial charge in [0.1, 0.15) is 0 Å². The molecule has 3 aromatic rings. The normalized spacial score (nSPS) is 15.6. The first-order valence-electron chi connectivity index (χ1n) is 14.2. The summed E-state index contributed by atoms with van der Waals surface area (Å²) in [6.07, 6.45) is -1.72. The predicted molar refractivity (Wildman–Crippen MR) is 162 cm³/mol. The Bertz CT molecular complexity index is 1470. The summed E-state index contributed by atoms with van der Waals surface area (Å²) in [7, 11) is 3.83. The number of aromatic nitrogens is 2. The van der Waals surface area contributed by atoms with Crippen LogP contribution in [0.5, 0.6) is 0 Å². The van der Waals surface area contributed by atoms with Crippen molar-refractivity contribution in [2.75, 3.05) is 51.7 Å². The lowest BCUT2D eigenvalue weighted by molar-refractivity contribution is -0.138. The van der Waals surface area contributed by atoms with Crippen LogP contribution in [0.25, 0.3) is 11.3 Å². The number of halogens is 4. The zero-order valence-corrected chi connectivity index (χ0v) is 25.5. The van der Waals surface area contributed by atoms with E-state index in [1.807, 2.05) is 62.0 Å². The third-order valence-corrected chi connectivity index (χ3v) is 7.74. The minimum atomic E-state index is -4.73. The standard InChI is InChI=1S/C31H36ClF3N6O2/c1-5-21-19-40(30(43)22-10-9-20(32)18-24(22)31(33,34)35)16-17-41(21)27-12-11-26(23-8-7-13-36-25(23)6-2)38-28(27)29(42)37-14-15-39(3)4/h7-13,18,21H,5-6,14-17,19H2,1-4H3,(H,37,42)/t21-/m1/s1. The number of pyridine rings is 2. The van der Waals surface area contributed by atoms with Crippen LogP contribution in [0.2, 0.25) is 5.02 Å². The number of benzene rings is 1. The highest BCUT2D eigenvalue weighted by Gasteiger charge is 2.38. The molecular weight excluding hydrogens is 581 g/mol. The van der Waals surface area contributed by atoms with Gasteiger partial charge in [0, 0.05) is 61.2 Å². The molecule has 43 heavy (non-hydrogen) atoms. The van der Waals surface area contributed by atoms with Gasteiger partial charge in [-0.1, -0.05) is 25.4 Å². The van der Waals surface area contributed by atoms with Gasteiger partial charge in [0.05, 0.1) is 22.5 Å². The summed E-state index contributed by atoms with van der Waals surface area (Å²) in [5, 5.41) is 2.86. The number of piperazine rings is 1. The van der Waals surface area contributed by atoms with E-state index in [0.717, 1.165) is 23.4 Å². The maximum absolute atomic E-state index is 13.7. The molecule has 230 valence electrons. The summed E-state index contributed by atoms with van der Waals surface area (Å²) in [6.45, 7) is 5.67. The van der Waals surface area contributed by atoms with Crippen molar-refractivity contribution >= 4 is 29.1 Å². The minimum Gasteiger partial charge on any atom is -0.363 e. The first kappa shape index (κ1) is 32.2. The van der Waals surface area contributed by atoms with E-state index in [0.29, 0.717) is 43.9 Å². The summed E-state index contributed by atoms with van der Waals surface area (Å²) >= 11 is 5.82. The number of carbonyl (C=O) groups excluding carboxylic acids is 2. The number of rotatable bonds is 9. The molecule has 1 saturated heterocycles. The van der Waals surface area contributed by atoms with Crippen LogP contribution in [0.1, 0.15) is 52.4 Å². The zero-order chi connectivity index (χ0) is 31.3. The van der Waals surface area contributed by atoms with E-state index in [4.69, 9.17) is 16.6 Å². The van der Waals surface area contributed by atoms with Gasteiger partial charge in [-0.15, -0.1) is 0 Å². The zero-order valence-electron chi connectivity index (χ0n) is 24.7. The van der Waals surface area contributed by atoms with Crippen LogP contribution < -0.4 is 10.2 Å². The number of amides is 2. The number of aryl methyl sites for hydroxylation is 1. The Hall–Kier alpha value is -3.70. The lowest BCUT2D eigenvalue weighted by Gasteiger charge is -2.43. The minimum absolute atomic E-state index is 0.0928. The third-order valence-electron chi connectivity index (χ3n) is 7.50. The van der Waals surface area contributed by atoms with Crippen LogP contribution in [0, 0.1) is 0 Å². The molecule has 2 aromatic heterocycles. The number of hydrogen-bond donors (Lipinski definition) is 1. The molecular formula is C31H36ClF3N6O2. The maximum Gasteiger partial charge on any atom is 0.417 e. The van der Waals surface area contributed by atoms with Gasteiger partial charge in [0.25, 0.3) is 11.8 Å². The number of nitrogens with zero attached hydrogens (tertiary/aromatic N) is 5. The summed E-state index contributed by atoms with van der Waals surface area (Å²) in [5.74, 6) is -1.04. The molecule has 1 aromatic carbocycles. The molecule has 1 N–H and O–H groups in total. The van der Waals surface area contributed by atoms with Crippen molar-refractivity contribution in [1.82, 2.24) is 25.1 Å². The molecule has 1 aliphatic heterocycles. The highest BCUT2D eigenvalue weighted by atomic mass is 35.5. The number of nitrogens with one attached hydrogen (secondary N) is 1. The van der Waals surface area contributed by atoms with Crippen LogP contribution in [0.15, 0.2) is 48.7 Å². The van der Waals surface area contributed by atoms with Crippen molar-refractivity contribution in [2.45, 2.75) is 38.9 Å². The summed E-state index contributed by atoms with van der Waals surface area (Å²) < 4.78 is 41.2. The Balaban J connectivity index is 1.66. The Kier molecular flexibility index (Phi) is 10.3. The van der Waals surface area contributed by atoms with E-state index >= 15 is 0 Å². The lowest BCUT2D eigenvalue weighted by Crippen LogP contribution is -2.55. The molecule has 1 aliphatic rings. The van der Waals surface area contributed by atoms with Gasteiger partial charge in [-0.25, -0.2) is 4.98 Å². The second-order valence-electron chi connectivity index (χ2n) is 10.7. The third kappa shape index (κ3) is 7.45. The first-order chi connectivity index (χ1) is 20.4. The van der Waals surface area contributed by atoms with Crippen molar-refractivity contribution < 1.29 is 22.8 Å². The molecule has 0 aliphatic carbocycles. The average Bonchev–Trinajstić information content (AvgIpc) is 2.99. The predicted octanol–water partition coefficient (Wildman–Crippen LogP) is 5.41. The molecule has 1 atom stereocenters. The SMILES string of the molecule is CCc1ncccc1-c1ccc(N2CCN(C(=O)c3ccc(Cl)cc3C(F)(F)F)C[C@H]2CC)c(C(=O)NCCN(C)C)n1. The second kappa shape index (κ2) is 13.7. The van der Waals surface area contributed by atoms with E-state index in [-0.39, 0.29) is 35.8 Å². The summed E-state index contributed by atoms with van der Waals surface area (Å²) in [6, 6.07) is 10.4. The van der Waals surface area contributed by atoms with Gasteiger partial charge in [0.15, 0.2) is 5.69 Å². The number of alkyl halides is 3. The molecule has 0 unspecified atom stereocenters. The van der Waals surface area contributed by atoms with Gasteiger partial charge in [-0.3, -0.25) is 14.6 Å².